The first kappa shape index (κ1) is 14.6. The molecule has 2 fully saturated rings. The summed E-state index contributed by atoms with van der Waals surface area (Å²) >= 11 is 0. The van der Waals surface area contributed by atoms with E-state index < -0.39 is 0 Å². The van der Waals surface area contributed by atoms with Gasteiger partial charge in [-0.15, -0.1) is 0 Å². The molecule has 112 valence electrons. The standard InChI is InChI=1S/C19H26N2/c1-15(16-8-4-2-5-9-16)21-18-12-19(13-18,14-20)17-10-6-3-7-11-17/h3,6-7,10-11,15-16,18,21H,2,4-5,8-9,12-13H2,1H3. The van der Waals surface area contributed by atoms with Gasteiger partial charge in [-0.3, -0.25) is 0 Å². The number of benzene rings is 1. The molecule has 21 heavy (non-hydrogen) atoms. The molecule has 3 rings (SSSR count). The fraction of sp³-hybridized carbons (Fsp3) is 0.632. The summed E-state index contributed by atoms with van der Waals surface area (Å²) in [5.41, 5.74) is 0.946. The average molecular weight is 282 g/mol. The van der Waals surface area contributed by atoms with E-state index in [0.717, 1.165) is 18.8 Å². The van der Waals surface area contributed by atoms with Crippen molar-refractivity contribution in [2.24, 2.45) is 5.92 Å². The molecule has 1 unspecified atom stereocenters. The first-order valence-corrected chi connectivity index (χ1v) is 8.46. The van der Waals surface area contributed by atoms with Crippen molar-refractivity contribution in [3.05, 3.63) is 35.9 Å². The lowest BCUT2D eigenvalue weighted by atomic mass is 9.62. The van der Waals surface area contributed by atoms with Crippen molar-refractivity contribution in [3.8, 4) is 6.07 Å². The Hall–Kier alpha value is -1.33. The molecule has 2 heteroatoms. The Kier molecular flexibility index (Phi) is 4.31. The van der Waals surface area contributed by atoms with Gasteiger partial charge >= 0.3 is 0 Å². The van der Waals surface area contributed by atoms with Crippen LogP contribution >= 0.6 is 0 Å². The van der Waals surface area contributed by atoms with Gasteiger partial charge in [0.25, 0.3) is 0 Å². The fourth-order valence-corrected chi connectivity index (χ4v) is 4.19. The molecule has 1 N–H and O–H groups in total. The van der Waals surface area contributed by atoms with E-state index in [1.54, 1.807) is 0 Å². The molecular formula is C19H26N2. The zero-order valence-electron chi connectivity index (χ0n) is 13.0. The molecule has 0 aliphatic heterocycles. The Bertz CT molecular complexity index is 490. The molecule has 1 aromatic carbocycles. The fourth-order valence-electron chi connectivity index (χ4n) is 4.19. The maximum atomic E-state index is 9.61. The van der Waals surface area contributed by atoms with E-state index in [1.807, 2.05) is 18.2 Å². The minimum Gasteiger partial charge on any atom is -0.311 e. The molecule has 2 aliphatic carbocycles. The van der Waals surface area contributed by atoms with Crippen molar-refractivity contribution in [2.45, 2.75) is 69.4 Å². The summed E-state index contributed by atoms with van der Waals surface area (Å²) in [5, 5.41) is 13.4. The van der Waals surface area contributed by atoms with Crippen LogP contribution in [0.2, 0.25) is 0 Å². The van der Waals surface area contributed by atoms with E-state index in [-0.39, 0.29) is 5.41 Å². The molecule has 0 heterocycles. The quantitative estimate of drug-likeness (QED) is 0.899. The van der Waals surface area contributed by atoms with E-state index in [2.05, 4.69) is 30.4 Å². The van der Waals surface area contributed by atoms with Gasteiger partial charge in [-0.05, 0) is 44.1 Å². The van der Waals surface area contributed by atoms with Crippen LogP contribution in [0.1, 0.15) is 57.4 Å². The van der Waals surface area contributed by atoms with E-state index in [0.29, 0.717) is 12.1 Å². The molecule has 0 bridgehead atoms. The van der Waals surface area contributed by atoms with E-state index in [4.69, 9.17) is 0 Å². The summed E-state index contributed by atoms with van der Waals surface area (Å²) in [6, 6.07) is 14.0. The van der Waals surface area contributed by atoms with Gasteiger partial charge in [0, 0.05) is 12.1 Å². The third-order valence-corrected chi connectivity index (χ3v) is 5.59. The van der Waals surface area contributed by atoms with Crippen molar-refractivity contribution in [1.82, 2.24) is 5.32 Å². The number of nitrogens with one attached hydrogen (secondary N) is 1. The molecule has 2 saturated carbocycles. The predicted molar refractivity (Wildman–Crippen MR) is 85.9 cm³/mol. The number of hydrogen-bond acceptors (Lipinski definition) is 2. The summed E-state index contributed by atoms with van der Waals surface area (Å²) in [6.45, 7) is 2.34. The summed E-state index contributed by atoms with van der Waals surface area (Å²) in [6.07, 6.45) is 8.89. The smallest absolute Gasteiger partial charge is 0.0852 e. The highest BCUT2D eigenvalue weighted by atomic mass is 15.0. The molecule has 1 aromatic rings. The molecule has 2 aliphatic rings. The van der Waals surface area contributed by atoms with Crippen LogP contribution in [-0.2, 0) is 5.41 Å². The normalized spacial score (nSPS) is 31.1. The van der Waals surface area contributed by atoms with Gasteiger partial charge in [0.2, 0.25) is 0 Å². The SMILES string of the molecule is CC(NC1CC(C#N)(c2ccccc2)C1)C1CCCCC1. The molecule has 0 saturated heterocycles. The van der Waals surface area contributed by atoms with E-state index in [9.17, 15) is 5.26 Å². The molecule has 0 aromatic heterocycles. The largest absolute Gasteiger partial charge is 0.311 e. The van der Waals surface area contributed by atoms with Crippen LogP contribution in [0, 0.1) is 17.2 Å². The number of rotatable bonds is 4. The lowest BCUT2D eigenvalue weighted by molar-refractivity contribution is 0.178. The van der Waals surface area contributed by atoms with Crippen LogP contribution in [0.4, 0.5) is 0 Å². The molecule has 2 nitrogen and oxygen atoms in total. The van der Waals surface area contributed by atoms with E-state index in [1.165, 1.54) is 37.7 Å². The summed E-state index contributed by atoms with van der Waals surface area (Å²) < 4.78 is 0. The van der Waals surface area contributed by atoms with Crippen molar-refractivity contribution >= 4 is 0 Å². The zero-order valence-corrected chi connectivity index (χ0v) is 13.0. The molecular weight excluding hydrogens is 256 g/mol. The summed E-state index contributed by atoms with van der Waals surface area (Å²) in [4.78, 5) is 0. The molecule has 0 radical (unpaired) electrons. The Morgan fingerprint density at radius 3 is 2.43 bits per heavy atom. The lowest BCUT2D eigenvalue weighted by Gasteiger charge is -2.45. The monoisotopic (exact) mass is 282 g/mol. The third-order valence-electron chi connectivity index (χ3n) is 5.59. The highest BCUT2D eigenvalue weighted by molar-refractivity contribution is 5.36. The molecule has 0 spiro atoms. The second-order valence-corrected chi connectivity index (χ2v) is 7.02. The zero-order chi connectivity index (χ0) is 14.7. The highest BCUT2D eigenvalue weighted by Crippen LogP contribution is 2.43. The minimum atomic E-state index is -0.245. The number of hydrogen-bond donors (Lipinski definition) is 1. The maximum absolute atomic E-state index is 9.61. The van der Waals surface area contributed by atoms with Crippen molar-refractivity contribution in [3.63, 3.8) is 0 Å². The van der Waals surface area contributed by atoms with Crippen molar-refractivity contribution in [1.29, 1.82) is 5.26 Å². The van der Waals surface area contributed by atoms with Gasteiger partial charge in [-0.25, -0.2) is 0 Å². The molecule has 1 atom stereocenters. The predicted octanol–water partition coefficient (Wildman–Crippen LogP) is 4.17. The molecule has 0 amide bonds. The summed E-state index contributed by atoms with van der Waals surface area (Å²) in [7, 11) is 0. The van der Waals surface area contributed by atoms with Crippen LogP contribution in [0.5, 0.6) is 0 Å². The first-order valence-electron chi connectivity index (χ1n) is 8.46. The topological polar surface area (TPSA) is 35.8 Å². The van der Waals surface area contributed by atoms with Gasteiger partial charge in [0.15, 0.2) is 0 Å². The Labute approximate surface area is 128 Å². The van der Waals surface area contributed by atoms with Gasteiger partial charge in [0.05, 0.1) is 11.5 Å². The minimum absolute atomic E-state index is 0.245. The Morgan fingerprint density at radius 1 is 1.14 bits per heavy atom. The maximum Gasteiger partial charge on any atom is 0.0852 e. The van der Waals surface area contributed by atoms with E-state index >= 15 is 0 Å². The third kappa shape index (κ3) is 2.99. The van der Waals surface area contributed by atoms with Gasteiger partial charge < -0.3 is 5.32 Å². The van der Waals surface area contributed by atoms with Crippen molar-refractivity contribution in [2.75, 3.05) is 0 Å². The number of nitrogens with zero attached hydrogens (tertiary/aromatic N) is 1. The first-order chi connectivity index (χ1) is 10.2. The van der Waals surface area contributed by atoms with Crippen LogP contribution in [0.3, 0.4) is 0 Å². The highest BCUT2D eigenvalue weighted by Gasteiger charge is 2.46. The number of nitriles is 1. The Morgan fingerprint density at radius 2 is 1.81 bits per heavy atom. The van der Waals surface area contributed by atoms with Gasteiger partial charge in [-0.2, -0.15) is 5.26 Å². The second-order valence-electron chi connectivity index (χ2n) is 7.02. The van der Waals surface area contributed by atoms with Crippen LogP contribution in [0.25, 0.3) is 0 Å². The second kappa shape index (κ2) is 6.20. The Balaban J connectivity index is 1.56. The van der Waals surface area contributed by atoms with Gasteiger partial charge in [0.1, 0.15) is 0 Å². The summed E-state index contributed by atoms with van der Waals surface area (Å²) in [5.74, 6) is 0.840. The van der Waals surface area contributed by atoms with Crippen LogP contribution in [0.15, 0.2) is 30.3 Å². The van der Waals surface area contributed by atoms with Crippen molar-refractivity contribution < 1.29 is 0 Å². The van der Waals surface area contributed by atoms with Crippen LogP contribution in [-0.4, -0.2) is 12.1 Å². The van der Waals surface area contributed by atoms with Gasteiger partial charge in [-0.1, -0.05) is 49.6 Å². The average Bonchev–Trinajstić information content (AvgIpc) is 2.52. The van der Waals surface area contributed by atoms with Crippen LogP contribution < -0.4 is 5.32 Å². The lowest BCUT2D eigenvalue weighted by Crippen LogP contribution is -2.54.